The number of urea groups is 1. The van der Waals surface area contributed by atoms with E-state index in [1.165, 1.54) is 0 Å². The van der Waals surface area contributed by atoms with Crippen molar-refractivity contribution in [1.82, 2.24) is 4.90 Å². The molecule has 0 spiro atoms. The highest BCUT2D eigenvalue weighted by molar-refractivity contribution is 8.01. The zero-order valence-electron chi connectivity index (χ0n) is 14.9. The number of nitriles is 1. The predicted molar refractivity (Wildman–Crippen MR) is 98.2 cm³/mol. The van der Waals surface area contributed by atoms with E-state index < -0.39 is 6.04 Å². The molecule has 1 N–H and O–H groups in total. The Labute approximate surface area is 148 Å². The summed E-state index contributed by atoms with van der Waals surface area (Å²) in [5.74, 6) is 0.884. The fourth-order valence-electron chi connectivity index (χ4n) is 2.85. The maximum absolute atomic E-state index is 12.9. The quantitative estimate of drug-likeness (QED) is 0.881. The molecule has 1 saturated heterocycles. The number of amides is 2. The molecule has 2 atom stereocenters. The molecule has 1 fully saturated rings. The number of nitrogens with zero attached hydrogens (tertiary/aromatic N) is 2. The highest BCUT2D eigenvalue weighted by atomic mass is 32.2. The van der Waals surface area contributed by atoms with Crippen molar-refractivity contribution in [3.63, 3.8) is 0 Å². The number of nitrogens with one attached hydrogen (secondary N) is 1. The first-order valence-electron chi connectivity index (χ1n) is 8.20. The summed E-state index contributed by atoms with van der Waals surface area (Å²) in [5.41, 5.74) is 0.623. The Morgan fingerprint density at radius 3 is 2.71 bits per heavy atom. The van der Waals surface area contributed by atoms with E-state index in [0.717, 1.165) is 0 Å². The number of para-hydroxylation sites is 2. The van der Waals surface area contributed by atoms with Crippen molar-refractivity contribution in [3.8, 4) is 11.8 Å². The minimum Gasteiger partial charge on any atom is -0.492 e. The normalized spacial score (nSPS) is 22.3. The lowest BCUT2D eigenvalue weighted by atomic mass is 10.0. The topological polar surface area (TPSA) is 65.4 Å². The van der Waals surface area contributed by atoms with Gasteiger partial charge >= 0.3 is 6.03 Å². The molecule has 1 aliphatic heterocycles. The summed E-state index contributed by atoms with van der Waals surface area (Å²) in [4.78, 5) is 14.6. The molecule has 0 bridgehead atoms. The number of carbonyl (C=O) groups excluding carboxylic acids is 1. The van der Waals surface area contributed by atoms with Crippen LogP contribution in [0.1, 0.15) is 34.6 Å². The smallest absolute Gasteiger partial charge is 0.323 e. The van der Waals surface area contributed by atoms with E-state index in [1.54, 1.807) is 16.7 Å². The second-order valence-electron chi connectivity index (χ2n) is 6.65. The number of ether oxygens (including phenoxy) is 1. The Kier molecular flexibility index (Phi) is 5.66. The fourth-order valence-corrected chi connectivity index (χ4v) is 4.37. The van der Waals surface area contributed by atoms with E-state index in [0.29, 0.717) is 18.0 Å². The maximum Gasteiger partial charge on any atom is 0.323 e. The van der Waals surface area contributed by atoms with Crippen molar-refractivity contribution in [3.05, 3.63) is 24.3 Å². The third-order valence-electron chi connectivity index (χ3n) is 3.99. The first kappa shape index (κ1) is 18.5. The Morgan fingerprint density at radius 1 is 1.46 bits per heavy atom. The molecule has 24 heavy (non-hydrogen) atoms. The van der Waals surface area contributed by atoms with Crippen LogP contribution in [0.3, 0.4) is 0 Å². The van der Waals surface area contributed by atoms with Gasteiger partial charge in [-0.15, -0.1) is 11.8 Å². The van der Waals surface area contributed by atoms with E-state index in [-0.39, 0.29) is 22.1 Å². The number of thioether (sulfide) groups is 1. The van der Waals surface area contributed by atoms with Crippen LogP contribution in [-0.4, -0.2) is 33.7 Å². The molecule has 1 heterocycles. The summed E-state index contributed by atoms with van der Waals surface area (Å²) in [6.45, 7) is 10.6. The molecule has 1 aliphatic rings. The van der Waals surface area contributed by atoms with Gasteiger partial charge in [-0.2, -0.15) is 5.26 Å². The molecule has 0 aromatic heterocycles. The number of rotatable bonds is 4. The van der Waals surface area contributed by atoms with E-state index in [1.807, 2.05) is 45.0 Å². The molecule has 0 radical (unpaired) electrons. The Bertz CT molecular complexity index is 639. The standard InChI is InChI=1S/C18H25N3O2S/c1-6-23-14-10-8-7-9-13(14)20-17(22)21-15(11-19)18(4,5)24-16(21)12(2)3/h7-10,12,15-16H,6H2,1-5H3,(H,20,22). The molecular weight excluding hydrogens is 322 g/mol. The molecule has 5 nitrogen and oxygen atoms in total. The van der Waals surface area contributed by atoms with Gasteiger partial charge in [-0.3, -0.25) is 4.90 Å². The average molecular weight is 347 g/mol. The zero-order valence-corrected chi connectivity index (χ0v) is 15.7. The molecule has 6 heteroatoms. The van der Waals surface area contributed by atoms with Crippen molar-refractivity contribution in [2.75, 3.05) is 11.9 Å². The van der Waals surface area contributed by atoms with Gasteiger partial charge < -0.3 is 10.1 Å². The van der Waals surface area contributed by atoms with Gasteiger partial charge in [0, 0.05) is 4.75 Å². The maximum atomic E-state index is 12.9. The number of benzene rings is 1. The van der Waals surface area contributed by atoms with Gasteiger partial charge in [0.2, 0.25) is 0 Å². The van der Waals surface area contributed by atoms with Gasteiger partial charge in [-0.25, -0.2) is 4.79 Å². The van der Waals surface area contributed by atoms with Crippen LogP contribution in [0.15, 0.2) is 24.3 Å². The number of hydrogen-bond donors (Lipinski definition) is 1. The van der Waals surface area contributed by atoms with Gasteiger partial charge in [0.1, 0.15) is 11.8 Å². The number of carbonyl (C=O) groups is 1. The third kappa shape index (κ3) is 3.62. The van der Waals surface area contributed by atoms with Crippen molar-refractivity contribution < 1.29 is 9.53 Å². The minimum absolute atomic E-state index is 0.0381. The zero-order chi connectivity index (χ0) is 17.9. The number of anilines is 1. The van der Waals surface area contributed by atoms with Crippen LogP contribution >= 0.6 is 11.8 Å². The lowest BCUT2D eigenvalue weighted by Gasteiger charge is -2.30. The van der Waals surface area contributed by atoms with Crippen molar-refractivity contribution in [1.29, 1.82) is 5.26 Å². The summed E-state index contributed by atoms with van der Waals surface area (Å²) < 4.78 is 5.26. The summed E-state index contributed by atoms with van der Waals surface area (Å²) in [7, 11) is 0. The largest absolute Gasteiger partial charge is 0.492 e. The summed E-state index contributed by atoms with van der Waals surface area (Å²) in [6, 6.07) is 8.92. The van der Waals surface area contributed by atoms with E-state index in [4.69, 9.17) is 4.74 Å². The second kappa shape index (κ2) is 7.35. The van der Waals surface area contributed by atoms with Crippen LogP contribution in [0.4, 0.5) is 10.5 Å². The van der Waals surface area contributed by atoms with Crippen LogP contribution in [0.25, 0.3) is 0 Å². The second-order valence-corrected chi connectivity index (χ2v) is 8.42. The van der Waals surface area contributed by atoms with Crippen LogP contribution < -0.4 is 10.1 Å². The Hall–Kier alpha value is -1.87. The van der Waals surface area contributed by atoms with E-state index in [2.05, 4.69) is 25.2 Å². The highest BCUT2D eigenvalue weighted by Crippen LogP contribution is 2.47. The summed E-state index contributed by atoms with van der Waals surface area (Å²) in [5, 5.41) is 12.5. The van der Waals surface area contributed by atoms with Crippen LogP contribution in [0.5, 0.6) is 5.75 Å². The Morgan fingerprint density at radius 2 is 2.12 bits per heavy atom. The van der Waals surface area contributed by atoms with Gasteiger partial charge in [0.15, 0.2) is 0 Å². The fraction of sp³-hybridized carbons (Fsp3) is 0.556. The van der Waals surface area contributed by atoms with Crippen molar-refractivity contribution >= 4 is 23.5 Å². The van der Waals surface area contributed by atoms with Gasteiger partial charge in [-0.05, 0) is 38.8 Å². The molecule has 2 unspecified atom stereocenters. The molecule has 0 saturated carbocycles. The van der Waals surface area contributed by atoms with Crippen LogP contribution in [0.2, 0.25) is 0 Å². The van der Waals surface area contributed by atoms with Gasteiger partial charge in [0.05, 0.1) is 23.7 Å². The SMILES string of the molecule is CCOc1ccccc1NC(=O)N1C(C(C)C)SC(C)(C)C1C#N. The molecule has 130 valence electrons. The van der Waals surface area contributed by atoms with Gasteiger partial charge in [-0.1, -0.05) is 26.0 Å². The van der Waals surface area contributed by atoms with Crippen molar-refractivity contribution in [2.24, 2.45) is 5.92 Å². The summed E-state index contributed by atoms with van der Waals surface area (Å²) >= 11 is 1.68. The first-order valence-corrected chi connectivity index (χ1v) is 9.08. The van der Waals surface area contributed by atoms with Gasteiger partial charge in [0.25, 0.3) is 0 Å². The van der Waals surface area contributed by atoms with E-state index in [9.17, 15) is 10.1 Å². The summed E-state index contributed by atoms with van der Waals surface area (Å²) in [6.07, 6.45) is 0. The molecule has 1 aromatic rings. The molecule has 2 rings (SSSR count). The molecule has 0 aliphatic carbocycles. The van der Waals surface area contributed by atoms with Crippen molar-refractivity contribution in [2.45, 2.75) is 50.8 Å². The lowest BCUT2D eigenvalue weighted by Crippen LogP contribution is -2.48. The molecular formula is C18H25N3O2S. The molecule has 2 amide bonds. The predicted octanol–water partition coefficient (Wildman–Crippen LogP) is 4.32. The molecule has 1 aromatic carbocycles. The van der Waals surface area contributed by atoms with Crippen LogP contribution in [-0.2, 0) is 0 Å². The van der Waals surface area contributed by atoms with E-state index >= 15 is 0 Å². The Balaban J connectivity index is 2.28. The minimum atomic E-state index is -0.478. The monoisotopic (exact) mass is 347 g/mol. The average Bonchev–Trinajstić information content (AvgIpc) is 2.80. The van der Waals surface area contributed by atoms with Crippen LogP contribution in [0, 0.1) is 17.2 Å². The first-order chi connectivity index (χ1) is 11.3. The lowest BCUT2D eigenvalue weighted by molar-refractivity contribution is 0.184. The highest BCUT2D eigenvalue weighted by Gasteiger charge is 2.50. The third-order valence-corrected chi connectivity index (χ3v) is 5.83. The number of hydrogen-bond acceptors (Lipinski definition) is 4.